The third kappa shape index (κ3) is 3.75. The van der Waals surface area contributed by atoms with E-state index in [-0.39, 0.29) is 11.5 Å². The van der Waals surface area contributed by atoms with Gasteiger partial charge in [0.15, 0.2) is 0 Å². The molecule has 0 aliphatic carbocycles. The summed E-state index contributed by atoms with van der Waals surface area (Å²) < 4.78 is 3.98. The van der Waals surface area contributed by atoms with Gasteiger partial charge in [0, 0.05) is 14.1 Å². The first-order valence-electron chi connectivity index (χ1n) is 10.9. The summed E-state index contributed by atoms with van der Waals surface area (Å²) in [6.45, 7) is 0. The van der Waals surface area contributed by atoms with Crippen LogP contribution >= 0.6 is 0 Å². The zero-order valence-corrected chi connectivity index (χ0v) is 18.9. The number of aromatic hydroxyl groups is 2. The summed E-state index contributed by atoms with van der Waals surface area (Å²) in [5, 5.41) is 19.7. The number of hydrogen-bond donors (Lipinski definition) is 2. The molecule has 0 unspecified atom stereocenters. The summed E-state index contributed by atoms with van der Waals surface area (Å²) >= 11 is 0. The second-order valence-electron chi connectivity index (χ2n) is 8.00. The van der Waals surface area contributed by atoms with Crippen LogP contribution in [0.5, 0.6) is 11.5 Å². The molecule has 168 valence electrons. The minimum absolute atomic E-state index is 0.255. The molecule has 0 radical (unpaired) electrons. The molecule has 0 spiro atoms. The van der Waals surface area contributed by atoms with Crippen molar-refractivity contribution in [2.45, 2.75) is 0 Å². The maximum absolute atomic E-state index is 9.86. The molecule has 0 aliphatic heterocycles. The number of aromatic nitrogens is 4. The van der Waals surface area contributed by atoms with Crippen molar-refractivity contribution in [1.82, 2.24) is 19.1 Å². The summed E-state index contributed by atoms with van der Waals surface area (Å²) in [7, 11) is 3.91. The van der Waals surface area contributed by atoms with E-state index in [2.05, 4.69) is 9.97 Å². The van der Waals surface area contributed by atoms with Crippen LogP contribution in [0.2, 0.25) is 0 Å². The number of rotatable bonds is 2. The van der Waals surface area contributed by atoms with Gasteiger partial charge in [-0.2, -0.15) is 0 Å². The van der Waals surface area contributed by atoms with Gasteiger partial charge >= 0.3 is 0 Å². The average Bonchev–Trinajstić information content (AvgIpc) is 3.37. The first kappa shape index (κ1) is 21.3. The van der Waals surface area contributed by atoms with Crippen LogP contribution < -0.4 is 0 Å². The highest BCUT2D eigenvalue weighted by molar-refractivity contribution is 5.82. The molecule has 2 N–H and O–H groups in total. The second-order valence-corrected chi connectivity index (χ2v) is 8.00. The molecule has 2 aromatic heterocycles. The van der Waals surface area contributed by atoms with E-state index in [0.717, 1.165) is 44.8 Å². The molecule has 0 saturated carbocycles. The van der Waals surface area contributed by atoms with E-state index in [1.165, 1.54) is 0 Å². The minimum atomic E-state index is 0.255. The van der Waals surface area contributed by atoms with Crippen molar-refractivity contribution in [3.63, 3.8) is 0 Å². The molecule has 34 heavy (non-hydrogen) atoms. The lowest BCUT2D eigenvalue weighted by molar-refractivity contribution is 0.476. The smallest absolute Gasteiger partial charge is 0.144 e. The quantitative estimate of drug-likeness (QED) is 0.346. The molecule has 0 bridgehead atoms. The Balaban J connectivity index is 0.000000142. The molecule has 0 aliphatic rings. The molecule has 0 fully saturated rings. The highest BCUT2D eigenvalue weighted by Crippen LogP contribution is 2.31. The Morgan fingerprint density at radius 1 is 0.500 bits per heavy atom. The molecule has 0 amide bonds. The van der Waals surface area contributed by atoms with Gasteiger partial charge in [0.1, 0.15) is 23.1 Å². The molecule has 6 aromatic rings. The standard InChI is InChI=1S/2C14H12N2O/c2*1-16-12-8-4-3-7-11(12)15-14(16)10-6-2-5-9-13(10)17/h2*2-9,17H,1H3. The van der Waals surface area contributed by atoms with E-state index in [1.54, 1.807) is 12.1 Å². The summed E-state index contributed by atoms with van der Waals surface area (Å²) in [6.07, 6.45) is 0. The predicted molar refractivity (Wildman–Crippen MR) is 136 cm³/mol. The number of imidazole rings is 2. The molecule has 6 heteroatoms. The van der Waals surface area contributed by atoms with Crippen molar-refractivity contribution in [3.05, 3.63) is 97.1 Å². The first-order chi connectivity index (χ1) is 16.5. The third-order valence-electron chi connectivity index (χ3n) is 5.86. The Bertz CT molecular complexity index is 1490. The van der Waals surface area contributed by atoms with Crippen LogP contribution in [0.1, 0.15) is 0 Å². The van der Waals surface area contributed by atoms with E-state index in [9.17, 15) is 10.2 Å². The lowest BCUT2D eigenvalue weighted by Gasteiger charge is -2.04. The van der Waals surface area contributed by atoms with Crippen LogP contribution in [0.3, 0.4) is 0 Å². The molecule has 4 aromatic carbocycles. The van der Waals surface area contributed by atoms with Crippen molar-refractivity contribution in [3.8, 4) is 34.3 Å². The number of nitrogens with zero attached hydrogens (tertiary/aromatic N) is 4. The van der Waals surface area contributed by atoms with Gasteiger partial charge in [-0.1, -0.05) is 48.5 Å². The zero-order valence-electron chi connectivity index (χ0n) is 18.9. The summed E-state index contributed by atoms with van der Waals surface area (Å²) in [4.78, 5) is 9.09. The molecular weight excluding hydrogens is 424 g/mol. The summed E-state index contributed by atoms with van der Waals surface area (Å²) in [5.41, 5.74) is 5.51. The van der Waals surface area contributed by atoms with Crippen molar-refractivity contribution in [1.29, 1.82) is 0 Å². The van der Waals surface area contributed by atoms with Crippen LogP contribution in [0.25, 0.3) is 44.8 Å². The lowest BCUT2D eigenvalue weighted by atomic mass is 10.2. The number of aryl methyl sites for hydroxylation is 2. The van der Waals surface area contributed by atoms with E-state index in [0.29, 0.717) is 0 Å². The molecular formula is C28H24N4O2. The number of fused-ring (bicyclic) bond motifs is 2. The van der Waals surface area contributed by atoms with Crippen LogP contribution in [-0.2, 0) is 14.1 Å². The number of para-hydroxylation sites is 6. The monoisotopic (exact) mass is 448 g/mol. The number of phenols is 2. The van der Waals surface area contributed by atoms with Gasteiger partial charge in [0.25, 0.3) is 0 Å². The third-order valence-corrected chi connectivity index (χ3v) is 5.86. The molecule has 0 saturated heterocycles. The zero-order chi connectivity index (χ0) is 23.7. The predicted octanol–water partition coefficient (Wildman–Crippen LogP) is 5.89. The fourth-order valence-corrected chi connectivity index (χ4v) is 4.10. The maximum atomic E-state index is 9.86. The fourth-order valence-electron chi connectivity index (χ4n) is 4.10. The molecule has 2 heterocycles. The summed E-state index contributed by atoms with van der Waals surface area (Å²) in [5.74, 6) is 2.07. The number of benzene rings is 4. The van der Waals surface area contributed by atoms with Gasteiger partial charge in [0.2, 0.25) is 0 Å². The minimum Gasteiger partial charge on any atom is -0.507 e. The Morgan fingerprint density at radius 2 is 0.853 bits per heavy atom. The fraction of sp³-hybridized carbons (Fsp3) is 0.0714. The van der Waals surface area contributed by atoms with E-state index >= 15 is 0 Å². The second kappa shape index (κ2) is 8.75. The van der Waals surface area contributed by atoms with Crippen LogP contribution in [0.4, 0.5) is 0 Å². The SMILES string of the molecule is Cn1c(-c2ccccc2O)nc2ccccc21.Cn1c(-c2ccccc2O)nc2ccccc21. The van der Waals surface area contributed by atoms with Gasteiger partial charge in [0.05, 0.1) is 33.2 Å². The highest BCUT2D eigenvalue weighted by atomic mass is 16.3. The Kier molecular flexibility index (Phi) is 5.47. The van der Waals surface area contributed by atoms with Crippen LogP contribution in [0.15, 0.2) is 97.1 Å². The van der Waals surface area contributed by atoms with Gasteiger partial charge in [-0.15, -0.1) is 0 Å². The molecule has 6 nitrogen and oxygen atoms in total. The van der Waals surface area contributed by atoms with Gasteiger partial charge in [-0.05, 0) is 48.5 Å². The number of hydrogen-bond acceptors (Lipinski definition) is 4. The normalized spacial score (nSPS) is 10.9. The van der Waals surface area contributed by atoms with E-state index in [4.69, 9.17) is 0 Å². The molecule has 0 atom stereocenters. The van der Waals surface area contributed by atoms with Crippen LogP contribution in [-0.4, -0.2) is 29.3 Å². The topological polar surface area (TPSA) is 76.1 Å². The Hall–Kier alpha value is -4.58. The Morgan fingerprint density at radius 3 is 1.24 bits per heavy atom. The highest BCUT2D eigenvalue weighted by Gasteiger charge is 2.13. The van der Waals surface area contributed by atoms with Gasteiger partial charge in [-0.25, -0.2) is 9.97 Å². The maximum Gasteiger partial charge on any atom is 0.144 e. The van der Waals surface area contributed by atoms with E-state index < -0.39 is 0 Å². The van der Waals surface area contributed by atoms with Gasteiger partial charge in [-0.3, -0.25) is 0 Å². The van der Waals surface area contributed by atoms with Gasteiger partial charge < -0.3 is 19.3 Å². The van der Waals surface area contributed by atoms with E-state index in [1.807, 2.05) is 108 Å². The van der Waals surface area contributed by atoms with Crippen molar-refractivity contribution < 1.29 is 10.2 Å². The van der Waals surface area contributed by atoms with Crippen molar-refractivity contribution in [2.75, 3.05) is 0 Å². The molecule has 6 rings (SSSR count). The van der Waals surface area contributed by atoms with Crippen molar-refractivity contribution >= 4 is 22.1 Å². The largest absolute Gasteiger partial charge is 0.507 e. The number of phenolic OH excluding ortho intramolecular Hbond substituents is 2. The van der Waals surface area contributed by atoms with Crippen molar-refractivity contribution in [2.24, 2.45) is 14.1 Å². The lowest BCUT2D eigenvalue weighted by Crippen LogP contribution is -1.92. The van der Waals surface area contributed by atoms with Crippen LogP contribution in [0, 0.1) is 0 Å². The summed E-state index contributed by atoms with van der Waals surface area (Å²) in [6, 6.07) is 30.4. The Labute approximate surface area is 197 Å². The first-order valence-corrected chi connectivity index (χ1v) is 10.9. The average molecular weight is 449 g/mol.